The van der Waals surface area contributed by atoms with Crippen LogP contribution in [0.1, 0.15) is 43.7 Å². The van der Waals surface area contributed by atoms with Crippen LogP contribution in [-0.2, 0) is 9.47 Å². The van der Waals surface area contributed by atoms with Gasteiger partial charge in [0.1, 0.15) is 6.61 Å². The van der Waals surface area contributed by atoms with Gasteiger partial charge in [-0.1, -0.05) is 48.1 Å². The third kappa shape index (κ3) is 6.74. The molecule has 1 aliphatic rings. The summed E-state index contributed by atoms with van der Waals surface area (Å²) in [6.07, 6.45) is 1.99. The lowest BCUT2D eigenvalue weighted by atomic mass is 9.84. The Hall–Kier alpha value is -2.08. The van der Waals surface area contributed by atoms with Crippen molar-refractivity contribution in [3.8, 4) is 0 Å². The average Bonchev–Trinajstić information content (AvgIpc) is 2.68. The Morgan fingerprint density at radius 1 is 1.14 bits per heavy atom. The van der Waals surface area contributed by atoms with Crippen molar-refractivity contribution in [2.75, 3.05) is 19.8 Å². The molecule has 0 saturated heterocycles. The summed E-state index contributed by atoms with van der Waals surface area (Å²) in [7, 11) is 0. The first kappa shape index (κ1) is 23.2. The molecule has 160 valence electrons. The second kappa shape index (κ2) is 10.6. The summed E-state index contributed by atoms with van der Waals surface area (Å²) in [6, 6.07) is 8.44. The molecular weight excluding hydrogens is 384 g/mol. The number of aryl methyl sites for hydroxylation is 1. The maximum Gasteiger partial charge on any atom is 0.419 e. The van der Waals surface area contributed by atoms with Gasteiger partial charge >= 0.3 is 6.18 Å². The van der Waals surface area contributed by atoms with E-state index in [9.17, 15) is 17.6 Å². The Balaban J connectivity index is 1.94. The van der Waals surface area contributed by atoms with Crippen LogP contribution in [0.4, 0.5) is 17.6 Å². The number of alkyl halides is 3. The van der Waals surface area contributed by atoms with Gasteiger partial charge in [-0.05, 0) is 39.2 Å². The van der Waals surface area contributed by atoms with Crippen molar-refractivity contribution in [1.29, 1.82) is 0 Å². The molecule has 1 aromatic carbocycles. The van der Waals surface area contributed by atoms with Crippen molar-refractivity contribution in [1.82, 2.24) is 0 Å². The fourth-order valence-corrected chi connectivity index (χ4v) is 3.32. The number of hydrogen-bond acceptors (Lipinski definition) is 2. The van der Waals surface area contributed by atoms with Crippen LogP contribution in [0, 0.1) is 12.8 Å². The highest BCUT2D eigenvalue weighted by Crippen LogP contribution is 2.34. The summed E-state index contributed by atoms with van der Waals surface area (Å²) in [5, 5.41) is 0. The molecule has 0 heterocycles. The lowest BCUT2D eigenvalue weighted by molar-refractivity contribution is -0.0919. The largest absolute Gasteiger partial charge is 0.493 e. The molecule has 0 N–H and O–H groups in total. The molecule has 0 radical (unpaired) electrons. The second-order valence-electron chi connectivity index (χ2n) is 7.12. The molecule has 0 aliphatic heterocycles. The molecule has 2 nitrogen and oxygen atoms in total. The molecule has 1 aliphatic carbocycles. The molecule has 2 rings (SSSR count). The summed E-state index contributed by atoms with van der Waals surface area (Å²) in [5.74, 6) is -1.34. The number of allylic oxidation sites excluding steroid dienone is 4. The molecule has 2 atom stereocenters. The van der Waals surface area contributed by atoms with E-state index in [2.05, 4.69) is 43.3 Å². The molecule has 6 heteroatoms. The molecule has 0 fully saturated rings. The van der Waals surface area contributed by atoms with Gasteiger partial charge in [0.05, 0.1) is 18.8 Å². The van der Waals surface area contributed by atoms with E-state index in [1.54, 1.807) is 6.92 Å². The predicted octanol–water partition coefficient (Wildman–Crippen LogP) is 6.79. The lowest BCUT2D eigenvalue weighted by Crippen LogP contribution is -2.17. The predicted molar refractivity (Wildman–Crippen MR) is 106 cm³/mol. The number of benzene rings is 1. The zero-order chi connectivity index (χ0) is 21.4. The third-order valence-corrected chi connectivity index (χ3v) is 4.93. The van der Waals surface area contributed by atoms with E-state index < -0.39 is 23.3 Å². The molecule has 0 spiro atoms. The molecule has 0 bridgehead atoms. The molecule has 0 amide bonds. The van der Waals surface area contributed by atoms with E-state index in [4.69, 9.17) is 9.47 Å². The van der Waals surface area contributed by atoms with E-state index in [0.717, 1.165) is 19.8 Å². The molecule has 1 aromatic rings. The Morgan fingerprint density at radius 2 is 1.83 bits per heavy atom. The summed E-state index contributed by atoms with van der Waals surface area (Å²) >= 11 is 0. The first-order valence-electron chi connectivity index (χ1n) is 9.84. The van der Waals surface area contributed by atoms with E-state index >= 15 is 0 Å². The minimum Gasteiger partial charge on any atom is -0.493 e. The fraction of sp³-hybridized carbons (Fsp3) is 0.478. The maximum absolute atomic E-state index is 14.3. The molecule has 29 heavy (non-hydrogen) atoms. The average molecular weight is 412 g/mol. The Kier molecular flexibility index (Phi) is 8.50. The molecular formula is C23H28F4O2. The highest BCUT2D eigenvalue weighted by atomic mass is 19.4. The Morgan fingerprint density at radius 3 is 2.34 bits per heavy atom. The first-order chi connectivity index (χ1) is 13.8. The van der Waals surface area contributed by atoms with Crippen LogP contribution >= 0.6 is 0 Å². The van der Waals surface area contributed by atoms with Crippen molar-refractivity contribution in [2.45, 2.75) is 45.7 Å². The number of ether oxygens (including phenoxy) is 2. The summed E-state index contributed by atoms with van der Waals surface area (Å²) in [6.45, 7) is 4.81. The van der Waals surface area contributed by atoms with Crippen molar-refractivity contribution >= 4 is 0 Å². The zero-order valence-electron chi connectivity index (χ0n) is 17.1. The van der Waals surface area contributed by atoms with Crippen molar-refractivity contribution in [3.63, 3.8) is 0 Å². The number of rotatable bonds is 8. The lowest BCUT2D eigenvalue weighted by Gasteiger charge is -2.23. The topological polar surface area (TPSA) is 18.5 Å². The van der Waals surface area contributed by atoms with Crippen molar-refractivity contribution < 1.29 is 27.0 Å². The Labute approximate surface area is 169 Å². The van der Waals surface area contributed by atoms with E-state index in [-0.39, 0.29) is 19.1 Å². The first-order valence-corrected chi connectivity index (χ1v) is 9.84. The molecule has 0 saturated carbocycles. The smallest absolute Gasteiger partial charge is 0.419 e. The summed E-state index contributed by atoms with van der Waals surface area (Å²) in [5.41, 5.74) is 1.14. The Bertz CT molecular complexity index is 745. The zero-order valence-corrected chi connectivity index (χ0v) is 17.1. The van der Waals surface area contributed by atoms with Crippen LogP contribution in [0.5, 0.6) is 0 Å². The SMILES string of the molecule is C/C=C(\C(F)=C(/COCC1C=CC(c2ccc(C)cc2)CC1)OCC)C(F)(F)F. The van der Waals surface area contributed by atoms with Crippen molar-refractivity contribution in [3.05, 3.63) is 70.8 Å². The van der Waals surface area contributed by atoms with E-state index in [0.29, 0.717) is 18.6 Å². The molecule has 0 aromatic heterocycles. The van der Waals surface area contributed by atoms with Crippen LogP contribution < -0.4 is 0 Å². The number of halogens is 4. The standard InChI is InChI=1S/C23H28F4O2/c1-4-20(23(25,26)27)22(24)21(29-5-2)15-28-14-17-8-12-19(13-9-17)18-10-6-16(3)7-11-18/h4,6-8,10-12,17,19H,5,9,13-15H2,1-3H3/b20-4+,22-21-. The fourth-order valence-electron chi connectivity index (χ4n) is 3.32. The van der Waals surface area contributed by atoms with Gasteiger partial charge in [-0.3, -0.25) is 0 Å². The van der Waals surface area contributed by atoms with Gasteiger partial charge in [-0.25, -0.2) is 4.39 Å². The van der Waals surface area contributed by atoms with Crippen LogP contribution in [0.15, 0.2) is 59.7 Å². The summed E-state index contributed by atoms with van der Waals surface area (Å²) in [4.78, 5) is 0. The third-order valence-electron chi connectivity index (χ3n) is 4.93. The van der Waals surface area contributed by atoms with Crippen LogP contribution in [0.3, 0.4) is 0 Å². The minimum absolute atomic E-state index is 0.0581. The van der Waals surface area contributed by atoms with Crippen LogP contribution in [-0.4, -0.2) is 26.0 Å². The second-order valence-corrected chi connectivity index (χ2v) is 7.12. The van der Waals surface area contributed by atoms with E-state index in [1.165, 1.54) is 11.1 Å². The maximum atomic E-state index is 14.3. The van der Waals surface area contributed by atoms with Gasteiger partial charge in [0, 0.05) is 11.8 Å². The van der Waals surface area contributed by atoms with Crippen LogP contribution in [0.25, 0.3) is 0 Å². The monoisotopic (exact) mass is 412 g/mol. The highest BCUT2D eigenvalue weighted by molar-refractivity contribution is 5.32. The van der Waals surface area contributed by atoms with Gasteiger partial charge in [0.2, 0.25) is 0 Å². The van der Waals surface area contributed by atoms with Gasteiger partial charge in [-0.2, -0.15) is 13.2 Å². The summed E-state index contributed by atoms with van der Waals surface area (Å²) < 4.78 is 63.7. The van der Waals surface area contributed by atoms with Crippen LogP contribution in [0.2, 0.25) is 0 Å². The highest BCUT2D eigenvalue weighted by Gasteiger charge is 2.37. The molecule has 2 unspecified atom stereocenters. The van der Waals surface area contributed by atoms with Gasteiger partial charge in [0.25, 0.3) is 0 Å². The van der Waals surface area contributed by atoms with Gasteiger partial charge in [-0.15, -0.1) is 0 Å². The van der Waals surface area contributed by atoms with Crippen molar-refractivity contribution in [2.24, 2.45) is 5.92 Å². The quantitative estimate of drug-likeness (QED) is 0.203. The normalized spacial score (nSPS) is 21.1. The number of hydrogen-bond donors (Lipinski definition) is 0. The van der Waals surface area contributed by atoms with E-state index in [1.807, 2.05) is 0 Å². The van der Waals surface area contributed by atoms with Gasteiger partial charge in [0.15, 0.2) is 11.6 Å². The minimum atomic E-state index is -4.78. The van der Waals surface area contributed by atoms with Gasteiger partial charge < -0.3 is 9.47 Å².